The van der Waals surface area contributed by atoms with E-state index < -0.39 is 5.60 Å². The Hall–Kier alpha value is -1.61. The summed E-state index contributed by atoms with van der Waals surface area (Å²) in [5.74, 6) is 0.778. The number of benzene rings is 2. The number of rotatable bonds is 1. The molecule has 0 bridgehead atoms. The first-order valence-corrected chi connectivity index (χ1v) is 6.95. The molecule has 0 amide bonds. The molecule has 2 aromatic rings. The molecule has 0 radical (unpaired) electrons. The second-order valence-electron chi connectivity index (χ2n) is 4.94. The lowest BCUT2D eigenvalue weighted by molar-refractivity contribution is 0.0503. The number of fused-ring (bicyclic) bond motifs is 1. The van der Waals surface area contributed by atoms with Crippen molar-refractivity contribution in [3.05, 3.63) is 64.1 Å². The summed E-state index contributed by atoms with van der Waals surface area (Å²) < 4.78 is 6.98. The molecule has 0 saturated carbocycles. The largest absolute Gasteiger partial charge is 0.482 e. The van der Waals surface area contributed by atoms with Gasteiger partial charge in [-0.15, -0.1) is 0 Å². The van der Waals surface area contributed by atoms with Crippen LogP contribution in [-0.4, -0.2) is 5.78 Å². The van der Waals surface area contributed by atoms with Crippen LogP contribution in [0.1, 0.15) is 29.3 Å². The molecule has 0 aliphatic carbocycles. The third-order valence-electron chi connectivity index (χ3n) is 3.46. The van der Waals surface area contributed by atoms with Gasteiger partial charge in [-0.05, 0) is 30.7 Å². The minimum Gasteiger partial charge on any atom is -0.482 e. The molecule has 19 heavy (non-hydrogen) atoms. The topological polar surface area (TPSA) is 26.3 Å². The average molecular weight is 317 g/mol. The summed E-state index contributed by atoms with van der Waals surface area (Å²) in [4.78, 5) is 12.3. The SMILES string of the molecule is CC1(c2ccccc2)CC(=O)c2cc(Br)ccc2O1. The lowest BCUT2D eigenvalue weighted by Crippen LogP contribution is -2.36. The first-order chi connectivity index (χ1) is 9.08. The molecule has 1 heterocycles. The van der Waals surface area contributed by atoms with Crippen LogP contribution in [-0.2, 0) is 5.60 Å². The van der Waals surface area contributed by atoms with Crippen LogP contribution >= 0.6 is 15.9 Å². The van der Waals surface area contributed by atoms with Gasteiger partial charge in [-0.25, -0.2) is 0 Å². The molecule has 96 valence electrons. The Labute approximate surface area is 120 Å². The summed E-state index contributed by atoms with van der Waals surface area (Å²) in [6, 6.07) is 15.4. The Morgan fingerprint density at radius 1 is 1.16 bits per heavy atom. The minimum atomic E-state index is -0.584. The molecular weight excluding hydrogens is 304 g/mol. The Balaban J connectivity index is 2.06. The van der Waals surface area contributed by atoms with E-state index in [4.69, 9.17) is 4.74 Å². The Kier molecular flexibility index (Phi) is 2.94. The lowest BCUT2D eigenvalue weighted by atomic mass is 9.86. The van der Waals surface area contributed by atoms with Crippen molar-refractivity contribution in [2.75, 3.05) is 0 Å². The van der Waals surface area contributed by atoms with Crippen molar-refractivity contribution in [1.82, 2.24) is 0 Å². The summed E-state index contributed by atoms with van der Waals surface area (Å²) in [7, 11) is 0. The summed E-state index contributed by atoms with van der Waals surface area (Å²) in [6.45, 7) is 1.96. The van der Waals surface area contributed by atoms with Crippen LogP contribution in [0.25, 0.3) is 0 Å². The molecule has 0 spiro atoms. The van der Waals surface area contributed by atoms with E-state index in [1.165, 1.54) is 0 Å². The van der Waals surface area contributed by atoms with Crippen molar-refractivity contribution in [3.8, 4) is 5.75 Å². The number of halogens is 1. The normalized spacial score (nSPS) is 21.7. The fourth-order valence-electron chi connectivity index (χ4n) is 2.44. The zero-order valence-electron chi connectivity index (χ0n) is 10.5. The molecule has 0 aromatic heterocycles. The van der Waals surface area contributed by atoms with Crippen molar-refractivity contribution < 1.29 is 9.53 Å². The maximum absolute atomic E-state index is 12.3. The van der Waals surface area contributed by atoms with E-state index in [1.54, 1.807) is 0 Å². The predicted octanol–water partition coefficient (Wildman–Crippen LogP) is 4.33. The fraction of sp³-hybridized carbons (Fsp3) is 0.188. The van der Waals surface area contributed by atoms with Gasteiger partial charge in [-0.2, -0.15) is 0 Å². The first kappa shape index (κ1) is 12.4. The minimum absolute atomic E-state index is 0.119. The van der Waals surface area contributed by atoms with Crippen LogP contribution in [0.4, 0.5) is 0 Å². The molecule has 1 atom stereocenters. The van der Waals surface area contributed by atoms with E-state index in [0.717, 1.165) is 10.0 Å². The highest BCUT2D eigenvalue weighted by Crippen LogP contribution is 2.40. The molecule has 1 aliphatic rings. The lowest BCUT2D eigenvalue weighted by Gasteiger charge is -2.35. The van der Waals surface area contributed by atoms with Crippen molar-refractivity contribution in [1.29, 1.82) is 0 Å². The van der Waals surface area contributed by atoms with Gasteiger partial charge in [0.1, 0.15) is 11.4 Å². The maximum atomic E-state index is 12.3. The quantitative estimate of drug-likeness (QED) is 0.782. The predicted molar refractivity (Wildman–Crippen MR) is 77.5 cm³/mol. The number of ether oxygens (including phenoxy) is 1. The van der Waals surface area contributed by atoms with Crippen LogP contribution < -0.4 is 4.74 Å². The Morgan fingerprint density at radius 2 is 1.89 bits per heavy atom. The molecule has 3 heteroatoms. The van der Waals surface area contributed by atoms with Crippen LogP contribution in [0.2, 0.25) is 0 Å². The fourth-order valence-corrected chi connectivity index (χ4v) is 2.80. The molecule has 2 nitrogen and oxygen atoms in total. The second-order valence-corrected chi connectivity index (χ2v) is 5.86. The smallest absolute Gasteiger partial charge is 0.170 e. The number of carbonyl (C=O) groups is 1. The van der Waals surface area contributed by atoms with E-state index in [2.05, 4.69) is 15.9 Å². The van der Waals surface area contributed by atoms with Crippen LogP contribution in [0.3, 0.4) is 0 Å². The molecule has 0 fully saturated rings. The Bertz CT molecular complexity index is 636. The highest BCUT2D eigenvalue weighted by molar-refractivity contribution is 9.10. The number of hydrogen-bond donors (Lipinski definition) is 0. The second kappa shape index (κ2) is 4.49. The van der Waals surface area contributed by atoms with Gasteiger partial charge in [0.25, 0.3) is 0 Å². The number of carbonyl (C=O) groups excluding carboxylic acids is 1. The monoisotopic (exact) mass is 316 g/mol. The standard InChI is InChI=1S/C16H13BrO2/c1-16(11-5-3-2-4-6-11)10-14(18)13-9-12(17)7-8-15(13)19-16/h2-9H,10H2,1H3. The van der Waals surface area contributed by atoms with Crippen molar-refractivity contribution >= 4 is 21.7 Å². The molecule has 2 aromatic carbocycles. The van der Waals surface area contributed by atoms with E-state index >= 15 is 0 Å². The molecule has 0 saturated heterocycles. The van der Waals surface area contributed by atoms with Crippen molar-refractivity contribution in [2.45, 2.75) is 18.9 Å². The van der Waals surface area contributed by atoms with Crippen molar-refractivity contribution in [2.24, 2.45) is 0 Å². The van der Waals surface area contributed by atoms with Crippen molar-refractivity contribution in [3.63, 3.8) is 0 Å². The van der Waals surface area contributed by atoms with Gasteiger partial charge in [0.15, 0.2) is 5.78 Å². The Morgan fingerprint density at radius 3 is 2.63 bits per heavy atom. The third kappa shape index (κ3) is 2.19. The van der Waals surface area contributed by atoms with E-state index in [9.17, 15) is 4.79 Å². The van der Waals surface area contributed by atoms with E-state index in [-0.39, 0.29) is 5.78 Å². The molecule has 1 aliphatic heterocycles. The van der Waals surface area contributed by atoms with Gasteiger partial charge < -0.3 is 4.74 Å². The zero-order valence-corrected chi connectivity index (χ0v) is 12.1. The first-order valence-electron chi connectivity index (χ1n) is 6.16. The number of ketones is 1. The van der Waals surface area contributed by atoms with E-state index in [1.807, 2.05) is 55.5 Å². The van der Waals surface area contributed by atoms with Gasteiger partial charge in [-0.1, -0.05) is 46.3 Å². The van der Waals surface area contributed by atoms with Crippen LogP contribution in [0, 0.1) is 0 Å². The van der Waals surface area contributed by atoms with Gasteiger partial charge in [0, 0.05) is 4.47 Å². The molecular formula is C16H13BrO2. The molecule has 1 unspecified atom stereocenters. The summed E-state index contributed by atoms with van der Waals surface area (Å²) in [5, 5.41) is 0. The van der Waals surface area contributed by atoms with Gasteiger partial charge in [-0.3, -0.25) is 4.79 Å². The van der Waals surface area contributed by atoms with Crippen LogP contribution in [0.15, 0.2) is 53.0 Å². The number of Topliss-reactive ketones (excluding diaryl/α,β-unsaturated/α-hetero) is 1. The molecule has 3 rings (SSSR count). The van der Waals surface area contributed by atoms with Gasteiger partial charge in [0.05, 0.1) is 12.0 Å². The maximum Gasteiger partial charge on any atom is 0.170 e. The number of hydrogen-bond acceptors (Lipinski definition) is 2. The highest BCUT2D eigenvalue weighted by Gasteiger charge is 2.37. The van der Waals surface area contributed by atoms with Gasteiger partial charge >= 0.3 is 0 Å². The zero-order chi connectivity index (χ0) is 13.5. The average Bonchev–Trinajstić information content (AvgIpc) is 2.41. The third-order valence-corrected chi connectivity index (χ3v) is 3.95. The highest BCUT2D eigenvalue weighted by atomic mass is 79.9. The van der Waals surface area contributed by atoms with Crippen LogP contribution in [0.5, 0.6) is 5.75 Å². The molecule has 0 N–H and O–H groups in total. The summed E-state index contributed by atoms with van der Waals surface area (Å²) >= 11 is 3.38. The summed E-state index contributed by atoms with van der Waals surface area (Å²) in [6.07, 6.45) is 0.362. The van der Waals surface area contributed by atoms with E-state index in [0.29, 0.717) is 17.7 Å². The van der Waals surface area contributed by atoms with Gasteiger partial charge in [0.2, 0.25) is 0 Å². The summed E-state index contributed by atoms with van der Waals surface area (Å²) in [5.41, 5.74) is 1.10.